The van der Waals surface area contributed by atoms with Crippen molar-refractivity contribution >= 4 is 17.7 Å². The molecular weight excluding hydrogens is 522 g/mol. The van der Waals surface area contributed by atoms with E-state index in [1.807, 2.05) is 36.4 Å². The number of carbonyl (C=O) groups is 3. The molecule has 224 valence electrons. The van der Waals surface area contributed by atoms with Gasteiger partial charge in [0, 0.05) is 19.5 Å². The minimum Gasteiger partial charge on any atom is -0.493 e. The molecule has 0 saturated carbocycles. The van der Waals surface area contributed by atoms with Crippen LogP contribution in [0.2, 0.25) is 0 Å². The molecule has 3 amide bonds. The number of ether oxygens (including phenoxy) is 3. The molecular formula is C32H45N3O6. The van der Waals surface area contributed by atoms with Gasteiger partial charge in [0.25, 0.3) is 0 Å². The Labute approximate surface area is 244 Å². The molecule has 9 heteroatoms. The van der Waals surface area contributed by atoms with E-state index in [-0.39, 0.29) is 30.8 Å². The fourth-order valence-electron chi connectivity index (χ4n) is 5.10. The maximum absolute atomic E-state index is 13.6. The van der Waals surface area contributed by atoms with E-state index in [2.05, 4.69) is 19.2 Å². The topological polar surface area (TPSA) is 97.4 Å². The zero-order valence-corrected chi connectivity index (χ0v) is 25.2. The van der Waals surface area contributed by atoms with Gasteiger partial charge in [0.2, 0.25) is 23.5 Å². The number of carbonyl (C=O) groups excluding carboxylic acids is 3. The van der Waals surface area contributed by atoms with E-state index < -0.39 is 6.04 Å². The zero-order chi connectivity index (χ0) is 29.8. The highest BCUT2D eigenvalue weighted by Crippen LogP contribution is 2.41. The number of hydrogen-bond acceptors (Lipinski definition) is 6. The molecule has 0 spiro atoms. The minimum absolute atomic E-state index is 0.0671. The SMILES string of the molecule is CCCCCCNC(=O)CN1CC(=O)N(CCCC)[C@@H](Cc2ccc(-c3cc(OC)c(OC)c(OC)c3)cc2)C1=O. The predicted octanol–water partition coefficient (Wildman–Crippen LogP) is 4.46. The second kappa shape index (κ2) is 15.9. The van der Waals surface area contributed by atoms with Gasteiger partial charge in [0.15, 0.2) is 11.5 Å². The summed E-state index contributed by atoms with van der Waals surface area (Å²) in [5.74, 6) is 1.13. The molecule has 1 saturated heterocycles. The number of benzene rings is 2. The average molecular weight is 568 g/mol. The Hall–Kier alpha value is -3.75. The van der Waals surface area contributed by atoms with Crippen LogP contribution in [0.15, 0.2) is 36.4 Å². The monoisotopic (exact) mass is 567 g/mol. The Morgan fingerprint density at radius 2 is 1.54 bits per heavy atom. The van der Waals surface area contributed by atoms with E-state index in [0.29, 0.717) is 36.8 Å². The molecule has 1 atom stereocenters. The van der Waals surface area contributed by atoms with Crippen LogP contribution in [0, 0.1) is 0 Å². The van der Waals surface area contributed by atoms with Crippen molar-refractivity contribution in [3.05, 3.63) is 42.0 Å². The summed E-state index contributed by atoms with van der Waals surface area (Å²) in [6, 6.07) is 11.0. The van der Waals surface area contributed by atoms with Crippen LogP contribution in [0.5, 0.6) is 17.2 Å². The van der Waals surface area contributed by atoms with Crippen LogP contribution in [0.3, 0.4) is 0 Å². The maximum atomic E-state index is 13.6. The van der Waals surface area contributed by atoms with Crippen LogP contribution in [0.25, 0.3) is 11.1 Å². The van der Waals surface area contributed by atoms with Crippen molar-refractivity contribution in [1.29, 1.82) is 0 Å². The number of rotatable bonds is 16. The highest BCUT2D eigenvalue weighted by molar-refractivity contribution is 5.97. The predicted molar refractivity (Wildman–Crippen MR) is 159 cm³/mol. The van der Waals surface area contributed by atoms with Crippen molar-refractivity contribution in [1.82, 2.24) is 15.1 Å². The van der Waals surface area contributed by atoms with E-state index in [0.717, 1.165) is 55.2 Å². The highest BCUT2D eigenvalue weighted by Gasteiger charge is 2.39. The minimum atomic E-state index is -0.646. The van der Waals surface area contributed by atoms with Crippen LogP contribution in [0.1, 0.15) is 57.9 Å². The number of piperazine rings is 1. The van der Waals surface area contributed by atoms with Gasteiger partial charge < -0.3 is 29.3 Å². The molecule has 1 aliphatic rings. The number of methoxy groups -OCH3 is 3. The van der Waals surface area contributed by atoms with Crippen molar-refractivity contribution in [2.75, 3.05) is 47.5 Å². The first-order valence-corrected chi connectivity index (χ1v) is 14.6. The van der Waals surface area contributed by atoms with Crippen molar-refractivity contribution in [3.63, 3.8) is 0 Å². The lowest BCUT2D eigenvalue weighted by Crippen LogP contribution is -2.62. The van der Waals surface area contributed by atoms with Crippen molar-refractivity contribution in [3.8, 4) is 28.4 Å². The first-order valence-electron chi connectivity index (χ1n) is 14.6. The molecule has 0 bridgehead atoms. The lowest BCUT2D eigenvalue weighted by molar-refractivity contribution is -0.157. The van der Waals surface area contributed by atoms with Gasteiger partial charge in [-0.2, -0.15) is 0 Å². The molecule has 1 N–H and O–H groups in total. The lowest BCUT2D eigenvalue weighted by Gasteiger charge is -2.40. The van der Waals surface area contributed by atoms with Crippen LogP contribution in [-0.4, -0.2) is 81.1 Å². The Balaban J connectivity index is 1.76. The molecule has 9 nitrogen and oxygen atoms in total. The largest absolute Gasteiger partial charge is 0.493 e. The third-order valence-electron chi connectivity index (χ3n) is 7.44. The van der Waals surface area contributed by atoms with E-state index in [1.165, 1.54) is 4.90 Å². The van der Waals surface area contributed by atoms with Gasteiger partial charge in [0.05, 0.1) is 21.3 Å². The summed E-state index contributed by atoms with van der Waals surface area (Å²) in [7, 11) is 4.73. The van der Waals surface area contributed by atoms with Crippen LogP contribution >= 0.6 is 0 Å². The van der Waals surface area contributed by atoms with Gasteiger partial charge in [-0.1, -0.05) is 63.8 Å². The molecule has 2 aromatic rings. The van der Waals surface area contributed by atoms with Crippen molar-refractivity contribution in [2.45, 2.75) is 64.8 Å². The molecule has 3 rings (SSSR count). The number of amides is 3. The van der Waals surface area contributed by atoms with Crippen LogP contribution in [-0.2, 0) is 20.8 Å². The molecule has 41 heavy (non-hydrogen) atoms. The highest BCUT2D eigenvalue weighted by atomic mass is 16.5. The van der Waals surface area contributed by atoms with Gasteiger partial charge in [0.1, 0.15) is 19.1 Å². The molecule has 0 radical (unpaired) electrons. The first kappa shape index (κ1) is 31.8. The summed E-state index contributed by atoms with van der Waals surface area (Å²) in [6.07, 6.45) is 6.33. The first-order chi connectivity index (χ1) is 19.9. The molecule has 2 aromatic carbocycles. The Kier molecular flexibility index (Phi) is 12.3. The van der Waals surface area contributed by atoms with Crippen LogP contribution < -0.4 is 19.5 Å². The summed E-state index contributed by atoms with van der Waals surface area (Å²) >= 11 is 0. The van der Waals surface area contributed by atoms with Crippen molar-refractivity contribution < 1.29 is 28.6 Å². The molecule has 0 aromatic heterocycles. The quantitative estimate of drug-likeness (QED) is 0.301. The average Bonchev–Trinajstić information content (AvgIpc) is 2.98. The zero-order valence-electron chi connectivity index (χ0n) is 25.2. The second-order valence-electron chi connectivity index (χ2n) is 10.4. The summed E-state index contributed by atoms with van der Waals surface area (Å²) in [6.45, 7) is 5.14. The van der Waals surface area contributed by atoms with Gasteiger partial charge >= 0.3 is 0 Å². The normalized spacial score (nSPS) is 15.2. The Morgan fingerprint density at radius 3 is 2.12 bits per heavy atom. The molecule has 1 heterocycles. The number of nitrogens with one attached hydrogen (secondary N) is 1. The van der Waals surface area contributed by atoms with E-state index >= 15 is 0 Å². The maximum Gasteiger partial charge on any atom is 0.246 e. The third-order valence-corrected chi connectivity index (χ3v) is 7.44. The number of hydrogen-bond donors (Lipinski definition) is 1. The number of nitrogens with zero attached hydrogens (tertiary/aromatic N) is 2. The molecule has 0 aliphatic carbocycles. The van der Waals surface area contributed by atoms with Crippen LogP contribution in [0.4, 0.5) is 0 Å². The number of unbranched alkanes of at least 4 members (excludes halogenated alkanes) is 4. The second-order valence-corrected chi connectivity index (χ2v) is 10.4. The van der Waals surface area contributed by atoms with E-state index in [4.69, 9.17) is 14.2 Å². The summed E-state index contributed by atoms with van der Waals surface area (Å²) in [4.78, 5) is 42.4. The van der Waals surface area contributed by atoms with Crippen molar-refractivity contribution in [2.24, 2.45) is 0 Å². The molecule has 0 unspecified atom stereocenters. The fourth-order valence-corrected chi connectivity index (χ4v) is 5.10. The van der Waals surface area contributed by atoms with Gasteiger partial charge in [-0.3, -0.25) is 14.4 Å². The Morgan fingerprint density at radius 1 is 0.878 bits per heavy atom. The molecule has 1 fully saturated rings. The standard InChI is InChI=1S/C32H45N3O6/c1-6-8-10-11-16-33-29(36)21-34-22-30(37)35(17-9-7-2)26(32(34)38)18-23-12-14-24(15-13-23)25-19-27(39-3)31(41-5)28(20-25)40-4/h12-15,19-20,26H,6-11,16-18,21-22H2,1-5H3,(H,33,36)/t26-/m0/s1. The summed E-state index contributed by atoms with van der Waals surface area (Å²) in [5.41, 5.74) is 2.77. The smallest absolute Gasteiger partial charge is 0.246 e. The van der Waals surface area contributed by atoms with E-state index in [1.54, 1.807) is 26.2 Å². The summed E-state index contributed by atoms with van der Waals surface area (Å²) in [5, 5.41) is 2.90. The van der Waals surface area contributed by atoms with Gasteiger partial charge in [-0.25, -0.2) is 0 Å². The summed E-state index contributed by atoms with van der Waals surface area (Å²) < 4.78 is 16.4. The molecule has 1 aliphatic heterocycles. The van der Waals surface area contributed by atoms with Gasteiger partial charge in [-0.15, -0.1) is 0 Å². The lowest BCUT2D eigenvalue weighted by atomic mass is 9.97. The van der Waals surface area contributed by atoms with E-state index in [9.17, 15) is 14.4 Å². The van der Waals surface area contributed by atoms with Gasteiger partial charge in [-0.05, 0) is 41.7 Å². The fraction of sp³-hybridized carbons (Fsp3) is 0.531. The Bertz CT molecular complexity index is 1140. The third kappa shape index (κ3) is 8.38.